The molecular weight excluding hydrogens is 228 g/mol. The summed E-state index contributed by atoms with van der Waals surface area (Å²) in [7, 11) is 3.90. The van der Waals surface area contributed by atoms with E-state index >= 15 is 0 Å². The Kier molecular flexibility index (Phi) is 4.15. The minimum Gasteiger partial charge on any atom is -0.376 e. The van der Waals surface area contributed by atoms with Crippen molar-refractivity contribution >= 4 is 17.3 Å². The van der Waals surface area contributed by atoms with E-state index in [0.717, 1.165) is 30.9 Å². The van der Waals surface area contributed by atoms with Gasteiger partial charge in [-0.2, -0.15) is 0 Å². The van der Waals surface area contributed by atoms with Crippen LogP contribution in [0.4, 0.5) is 11.4 Å². The van der Waals surface area contributed by atoms with Crippen molar-refractivity contribution in [3.8, 4) is 0 Å². The quantitative estimate of drug-likeness (QED) is 0.837. The third-order valence-corrected chi connectivity index (χ3v) is 3.19. The van der Waals surface area contributed by atoms with Crippen molar-refractivity contribution in [1.29, 1.82) is 0 Å². The maximum atomic E-state index is 12.0. The minimum absolute atomic E-state index is 0.0693. The van der Waals surface area contributed by atoms with E-state index < -0.39 is 0 Å². The smallest absolute Gasteiger partial charge is 0.224 e. The van der Waals surface area contributed by atoms with Gasteiger partial charge < -0.3 is 15.5 Å². The van der Waals surface area contributed by atoms with Crippen LogP contribution in [-0.4, -0.2) is 38.1 Å². The number of anilines is 2. The van der Waals surface area contributed by atoms with E-state index in [0.29, 0.717) is 12.3 Å². The Morgan fingerprint density at radius 1 is 1.61 bits per heavy atom. The normalized spacial score (nSPS) is 18.7. The Bertz CT molecular complexity index is 413. The number of rotatable bonds is 4. The van der Waals surface area contributed by atoms with E-state index in [-0.39, 0.29) is 5.91 Å². The van der Waals surface area contributed by atoms with Crippen molar-refractivity contribution in [2.75, 3.05) is 37.4 Å². The molecule has 0 spiro atoms. The SMILES string of the molecule is CN(C)c1ccncc1NC(=O)CC1CCNC1. The molecule has 2 rings (SSSR count). The molecule has 1 amide bonds. The Morgan fingerprint density at radius 3 is 3.11 bits per heavy atom. The number of carbonyl (C=O) groups is 1. The Hall–Kier alpha value is -1.62. The van der Waals surface area contributed by atoms with Gasteiger partial charge in [-0.25, -0.2) is 0 Å². The number of nitrogens with one attached hydrogen (secondary N) is 2. The van der Waals surface area contributed by atoms with Gasteiger partial charge in [0.1, 0.15) is 0 Å². The van der Waals surface area contributed by atoms with Crippen LogP contribution in [-0.2, 0) is 4.79 Å². The van der Waals surface area contributed by atoms with Gasteiger partial charge in [0.2, 0.25) is 5.91 Å². The number of nitrogens with zero attached hydrogens (tertiary/aromatic N) is 2. The van der Waals surface area contributed by atoms with Crippen LogP contribution >= 0.6 is 0 Å². The predicted molar refractivity (Wildman–Crippen MR) is 72.8 cm³/mol. The lowest BCUT2D eigenvalue weighted by atomic mass is 10.0. The van der Waals surface area contributed by atoms with Crippen molar-refractivity contribution in [3.05, 3.63) is 18.5 Å². The summed E-state index contributed by atoms with van der Waals surface area (Å²) in [5, 5.41) is 6.22. The summed E-state index contributed by atoms with van der Waals surface area (Å²) < 4.78 is 0. The van der Waals surface area contributed by atoms with Gasteiger partial charge in [0.15, 0.2) is 0 Å². The van der Waals surface area contributed by atoms with E-state index in [4.69, 9.17) is 0 Å². The lowest BCUT2D eigenvalue weighted by Gasteiger charge is -2.17. The molecule has 0 saturated carbocycles. The van der Waals surface area contributed by atoms with Crippen LogP contribution in [0.3, 0.4) is 0 Å². The Labute approximate surface area is 108 Å². The maximum Gasteiger partial charge on any atom is 0.224 e. The van der Waals surface area contributed by atoms with Crippen molar-refractivity contribution < 1.29 is 4.79 Å². The average molecular weight is 248 g/mol. The average Bonchev–Trinajstić information content (AvgIpc) is 2.82. The van der Waals surface area contributed by atoms with Gasteiger partial charge in [0.25, 0.3) is 0 Å². The number of hydrogen-bond donors (Lipinski definition) is 2. The molecule has 5 heteroatoms. The molecule has 1 aliphatic heterocycles. The molecule has 0 aliphatic carbocycles. The lowest BCUT2D eigenvalue weighted by Crippen LogP contribution is -2.20. The molecule has 0 aromatic carbocycles. The molecule has 1 aromatic heterocycles. The van der Waals surface area contributed by atoms with Crippen LogP contribution in [0.5, 0.6) is 0 Å². The van der Waals surface area contributed by atoms with Crippen LogP contribution in [0, 0.1) is 5.92 Å². The van der Waals surface area contributed by atoms with Crippen LogP contribution < -0.4 is 15.5 Å². The van der Waals surface area contributed by atoms with Gasteiger partial charge in [-0.1, -0.05) is 0 Å². The molecule has 1 atom stereocenters. The highest BCUT2D eigenvalue weighted by atomic mass is 16.1. The lowest BCUT2D eigenvalue weighted by molar-refractivity contribution is -0.116. The van der Waals surface area contributed by atoms with Crippen molar-refractivity contribution in [3.63, 3.8) is 0 Å². The first-order valence-electron chi connectivity index (χ1n) is 6.28. The zero-order valence-corrected chi connectivity index (χ0v) is 10.9. The van der Waals surface area contributed by atoms with Crippen LogP contribution in [0.15, 0.2) is 18.5 Å². The molecule has 98 valence electrons. The highest BCUT2D eigenvalue weighted by molar-refractivity contribution is 5.94. The molecule has 1 saturated heterocycles. The molecule has 1 aliphatic rings. The topological polar surface area (TPSA) is 57.3 Å². The number of pyridine rings is 1. The highest BCUT2D eigenvalue weighted by Crippen LogP contribution is 2.23. The second-order valence-corrected chi connectivity index (χ2v) is 4.90. The second kappa shape index (κ2) is 5.82. The van der Waals surface area contributed by atoms with E-state index in [9.17, 15) is 4.79 Å². The highest BCUT2D eigenvalue weighted by Gasteiger charge is 2.18. The maximum absolute atomic E-state index is 12.0. The van der Waals surface area contributed by atoms with Crippen LogP contribution in [0.2, 0.25) is 0 Å². The fourth-order valence-corrected chi connectivity index (χ4v) is 2.23. The molecular formula is C13H20N4O. The van der Waals surface area contributed by atoms with Gasteiger partial charge in [-0.3, -0.25) is 9.78 Å². The van der Waals surface area contributed by atoms with Gasteiger partial charge >= 0.3 is 0 Å². The molecule has 2 N–H and O–H groups in total. The molecule has 18 heavy (non-hydrogen) atoms. The summed E-state index contributed by atoms with van der Waals surface area (Å²) in [5.41, 5.74) is 1.75. The first-order valence-corrected chi connectivity index (χ1v) is 6.28. The fraction of sp³-hybridized carbons (Fsp3) is 0.538. The van der Waals surface area contributed by atoms with E-state index in [1.807, 2.05) is 25.1 Å². The molecule has 0 radical (unpaired) electrons. The summed E-state index contributed by atoms with van der Waals surface area (Å²) in [5.74, 6) is 0.532. The zero-order valence-electron chi connectivity index (χ0n) is 10.9. The summed E-state index contributed by atoms with van der Waals surface area (Å²) in [6.45, 7) is 1.97. The molecule has 1 unspecified atom stereocenters. The van der Waals surface area contributed by atoms with Crippen molar-refractivity contribution in [2.24, 2.45) is 5.92 Å². The van der Waals surface area contributed by atoms with Gasteiger partial charge in [-0.05, 0) is 31.5 Å². The number of hydrogen-bond acceptors (Lipinski definition) is 4. The Balaban J connectivity index is 1.97. The zero-order chi connectivity index (χ0) is 13.0. The van der Waals surface area contributed by atoms with Gasteiger partial charge in [0, 0.05) is 26.7 Å². The minimum atomic E-state index is 0.0693. The van der Waals surface area contributed by atoms with E-state index in [1.165, 1.54) is 0 Å². The fourth-order valence-electron chi connectivity index (χ4n) is 2.23. The van der Waals surface area contributed by atoms with Crippen molar-refractivity contribution in [1.82, 2.24) is 10.3 Å². The predicted octanol–water partition coefficient (Wildman–Crippen LogP) is 1.09. The number of amides is 1. The molecule has 1 fully saturated rings. The summed E-state index contributed by atoms with van der Waals surface area (Å²) in [4.78, 5) is 18.0. The van der Waals surface area contributed by atoms with E-state index in [1.54, 1.807) is 12.4 Å². The summed E-state index contributed by atoms with van der Waals surface area (Å²) >= 11 is 0. The summed E-state index contributed by atoms with van der Waals surface area (Å²) in [6, 6.07) is 1.90. The van der Waals surface area contributed by atoms with Gasteiger partial charge in [-0.15, -0.1) is 0 Å². The molecule has 0 bridgehead atoms. The third kappa shape index (κ3) is 3.20. The third-order valence-electron chi connectivity index (χ3n) is 3.19. The van der Waals surface area contributed by atoms with Crippen LogP contribution in [0.25, 0.3) is 0 Å². The first-order chi connectivity index (χ1) is 8.66. The standard InChI is InChI=1S/C13H20N4O/c1-17(2)12-4-6-15-9-11(12)16-13(18)7-10-3-5-14-8-10/h4,6,9-10,14H,3,5,7-8H2,1-2H3,(H,16,18). The number of aromatic nitrogens is 1. The van der Waals surface area contributed by atoms with E-state index in [2.05, 4.69) is 15.6 Å². The second-order valence-electron chi connectivity index (χ2n) is 4.90. The molecule has 5 nitrogen and oxygen atoms in total. The van der Waals surface area contributed by atoms with Crippen LogP contribution in [0.1, 0.15) is 12.8 Å². The number of carbonyl (C=O) groups excluding carboxylic acids is 1. The first kappa shape index (κ1) is 12.8. The monoisotopic (exact) mass is 248 g/mol. The molecule has 1 aromatic rings. The van der Waals surface area contributed by atoms with Crippen molar-refractivity contribution in [2.45, 2.75) is 12.8 Å². The Morgan fingerprint density at radius 2 is 2.44 bits per heavy atom. The van der Waals surface area contributed by atoms with Gasteiger partial charge in [0.05, 0.1) is 17.6 Å². The largest absolute Gasteiger partial charge is 0.376 e. The summed E-state index contributed by atoms with van der Waals surface area (Å²) in [6.07, 6.45) is 5.09. The molecule has 2 heterocycles.